The summed E-state index contributed by atoms with van der Waals surface area (Å²) in [5, 5.41) is 9.83. The smallest absolute Gasteiger partial charge is 0.134 e. The third-order valence-electron chi connectivity index (χ3n) is 4.29. The van der Waals surface area contributed by atoms with Crippen LogP contribution in [-0.4, -0.2) is 5.11 Å². The van der Waals surface area contributed by atoms with Crippen LogP contribution in [0.2, 0.25) is 0 Å². The third kappa shape index (κ3) is 3.02. The maximum Gasteiger partial charge on any atom is 0.134 e. The second-order valence-electron chi connectivity index (χ2n) is 5.74. The third-order valence-corrected chi connectivity index (χ3v) is 4.29. The average Bonchev–Trinajstić information content (AvgIpc) is 2.51. The van der Waals surface area contributed by atoms with Gasteiger partial charge in [-0.25, -0.2) is 0 Å². The number of phenolic OH excluding ortho intramolecular Hbond substituents is 1. The number of allylic oxidation sites excluding steroid dienone is 5. The van der Waals surface area contributed by atoms with Crippen molar-refractivity contribution in [1.29, 1.82) is 0 Å². The second-order valence-corrected chi connectivity index (χ2v) is 5.74. The summed E-state index contributed by atoms with van der Waals surface area (Å²) in [6, 6.07) is 5.31. The highest BCUT2D eigenvalue weighted by molar-refractivity contribution is 5.54. The molecule has 0 atom stereocenters. The SMILES string of the molecule is C=CCC1=C(CC=C)C(CC=C)(CC=C)c2ccc(O)cc2O1. The zero-order valence-corrected chi connectivity index (χ0v) is 13.6. The van der Waals surface area contributed by atoms with Gasteiger partial charge in [0.2, 0.25) is 0 Å². The molecule has 0 bridgehead atoms. The highest BCUT2D eigenvalue weighted by Crippen LogP contribution is 2.51. The van der Waals surface area contributed by atoms with Gasteiger partial charge in [0.1, 0.15) is 17.3 Å². The van der Waals surface area contributed by atoms with Crippen molar-refractivity contribution in [3.8, 4) is 11.5 Å². The molecule has 120 valence electrons. The quantitative estimate of drug-likeness (QED) is 0.635. The van der Waals surface area contributed by atoms with Crippen LogP contribution in [0.3, 0.4) is 0 Å². The number of aromatic hydroxyl groups is 1. The summed E-state index contributed by atoms with van der Waals surface area (Å²) < 4.78 is 6.10. The number of benzene rings is 1. The Morgan fingerprint density at radius 3 is 2.17 bits per heavy atom. The van der Waals surface area contributed by atoms with E-state index in [-0.39, 0.29) is 11.2 Å². The molecular formula is C21H24O2. The van der Waals surface area contributed by atoms with Gasteiger partial charge >= 0.3 is 0 Å². The fourth-order valence-corrected chi connectivity index (χ4v) is 3.41. The summed E-state index contributed by atoms with van der Waals surface area (Å²) in [5.41, 5.74) is 1.97. The van der Waals surface area contributed by atoms with E-state index < -0.39 is 0 Å². The van der Waals surface area contributed by atoms with Gasteiger partial charge in [0.25, 0.3) is 0 Å². The molecule has 2 rings (SSSR count). The molecule has 0 saturated heterocycles. The Labute approximate surface area is 138 Å². The molecule has 1 aromatic rings. The molecule has 1 N–H and O–H groups in total. The number of hydrogen-bond acceptors (Lipinski definition) is 2. The molecule has 0 amide bonds. The summed E-state index contributed by atoms with van der Waals surface area (Å²) in [6.07, 6.45) is 10.5. The van der Waals surface area contributed by atoms with E-state index in [1.807, 2.05) is 30.4 Å². The van der Waals surface area contributed by atoms with E-state index in [1.165, 1.54) is 5.57 Å². The average molecular weight is 308 g/mol. The molecule has 0 saturated carbocycles. The van der Waals surface area contributed by atoms with Crippen molar-refractivity contribution in [2.24, 2.45) is 0 Å². The zero-order valence-electron chi connectivity index (χ0n) is 13.6. The molecule has 0 fully saturated rings. The van der Waals surface area contributed by atoms with Gasteiger partial charge in [-0.05, 0) is 30.9 Å². The van der Waals surface area contributed by atoms with Crippen molar-refractivity contribution in [2.75, 3.05) is 0 Å². The first kappa shape index (κ1) is 16.9. The Balaban J connectivity index is 2.76. The largest absolute Gasteiger partial charge is 0.508 e. The van der Waals surface area contributed by atoms with E-state index in [0.29, 0.717) is 12.2 Å². The Bertz CT molecular complexity index is 654. The Kier molecular flexibility index (Phi) is 5.28. The molecule has 1 aliphatic heterocycles. The van der Waals surface area contributed by atoms with Crippen LogP contribution in [0.15, 0.2) is 80.2 Å². The number of fused-ring (bicyclic) bond motifs is 1. The van der Waals surface area contributed by atoms with Gasteiger partial charge in [0.15, 0.2) is 0 Å². The lowest BCUT2D eigenvalue weighted by atomic mass is 9.66. The predicted octanol–water partition coefficient (Wildman–Crippen LogP) is 5.58. The standard InChI is InChI=1S/C21H24O2/c1-5-9-17-19(10-6-2)23-20-15-16(22)11-12-18(20)21(17,13-7-3)14-8-4/h5-8,11-12,15,22H,1-4,9-10,13-14H2. The number of phenols is 1. The second kappa shape index (κ2) is 7.19. The molecule has 2 nitrogen and oxygen atoms in total. The molecule has 2 heteroatoms. The van der Waals surface area contributed by atoms with E-state index in [9.17, 15) is 5.11 Å². The molecule has 23 heavy (non-hydrogen) atoms. The first-order valence-electron chi connectivity index (χ1n) is 7.80. The maximum atomic E-state index is 9.83. The van der Waals surface area contributed by atoms with Gasteiger partial charge in [0.05, 0.1) is 0 Å². The minimum atomic E-state index is -0.267. The Morgan fingerprint density at radius 1 is 0.957 bits per heavy atom. The van der Waals surface area contributed by atoms with Crippen molar-refractivity contribution < 1.29 is 9.84 Å². The summed E-state index contributed by atoms with van der Waals surface area (Å²) in [4.78, 5) is 0. The zero-order chi connectivity index (χ0) is 16.9. The van der Waals surface area contributed by atoms with Crippen LogP contribution in [0.4, 0.5) is 0 Å². The lowest BCUT2D eigenvalue weighted by Crippen LogP contribution is -2.33. The van der Waals surface area contributed by atoms with E-state index >= 15 is 0 Å². The first-order chi connectivity index (χ1) is 11.1. The fraction of sp³-hybridized carbons (Fsp3) is 0.238. The maximum absolute atomic E-state index is 9.83. The van der Waals surface area contributed by atoms with Gasteiger partial charge in [0, 0.05) is 23.5 Å². The van der Waals surface area contributed by atoms with Crippen molar-refractivity contribution >= 4 is 0 Å². The molecule has 1 aliphatic rings. The molecule has 0 aromatic heterocycles. The molecule has 1 heterocycles. The van der Waals surface area contributed by atoms with Gasteiger partial charge in [-0.1, -0.05) is 30.4 Å². The van der Waals surface area contributed by atoms with E-state index in [2.05, 4.69) is 26.3 Å². The summed E-state index contributed by atoms with van der Waals surface area (Å²) in [5.74, 6) is 1.76. The van der Waals surface area contributed by atoms with Gasteiger partial charge in [-0.15, -0.1) is 26.3 Å². The fourth-order valence-electron chi connectivity index (χ4n) is 3.41. The van der Waals surface area contributed by atoms with Crippen LogP contribution in [0, 0.1) is 0 Å². The highest BCUT2D eigenvalue weighted by atomic mass is 16.5. The van der Waals surface area contributed by atoms with Gasteiger partial charge < -0.3 is 9.84 Å². The lowest BCUT2D eigenvalue weighted by molar-refractivity contribution is 0.334. The van der Waals surface area contributed by atoms with Crippen molar-refractivity contribution in [3.05, 3.63) is 85.7 Å². The number of rotatable bonds is 8. The summed E-state index contributed by atoms with van der Waals surface area (Å²) >= 11 is 0. The van der Waals surface area contributed by atoms with Gasteiger partial charge in [-0.3, -0.25) is 0 Å². The minimum absolute atomic E-state index is 0.194. The van der Waals surface area contributed by atoms with Crippen LogP contribution in [0.25, 0.3) is 0 Å². The first-order valence-corrected chi connectivity index (χ1v) is 7.80. The monoisotopic (exact) mass is 308 g/mol. The van der Waals surface area contributed by atoms with Crippen LogP contribution in [-0.2, 0) is 5.41 Å². The lowest BCUT2D eigenvalue weighted by Gasteiger charge is -2.41. The van der Waals surface area contributed by atoms with E-state index in [0.717, 1.165) is 30.6 Å². The molecule has 0 unspecified atom stereocenters. The molecule has 0 radical (unpaired) electrons. The number of ether oxygens (including phenoxy) is 1. The normalized spacial score (nSPS) is 15.3. The Hall–Kier alpha value is -2.48. The Morgan fingerprint density at radius 2 is 1.61 bits per heavy atom. The van der Waals surface area contributed by atoms with Gasteiger partial charge in [-0.2, -0.15) is 0 Å². The summed E-state index contributed by atoms with van der Waals surface area (Å²) in [7, 11) is 0. The topological polar surface area (TPSA) is 29.5 Å². The minimum Gasteiger partial charge on any atom is -0.508 e. The van der Waals surface area contributed by atoms with Crippen molar-refractivity contribution in [2.45, 2.75) is 31.1 Å². The van der Waals surface area contributed by atoms with Crippen LogP contribution >= 0.6 is 0 Å². The molecule has 0 spiro atoms. The van der Waals surface area contributed by atoms with Crippen molar-refractivity contribution in [1.82, 2.24) is 0 Å². The predicted molar refractivity (Wildman–Crippen MR) is 96.7 cm³/mol. The molecular weight excluding hydrogens is 284 g/mol. The molecule has 1 aromatic carbocycles. The molecule has 0 aliphatic carbocycles. The van der Waals surface area contributed by atoms with E-state index in [4.69, 9.17) is 4.74 Å². The van der Waals surface area contributed by atoms with Crippen LogP contribution < -0.4 is 4.74 Å². The number of hydrogen-bond donors (Lipinski definition) is 1. The van der Waals surface area contributed by atoms with Crippen molar-refractivity contribution in [3.63, 3.8) is 0 Å². The van der Waals surface area contributed by atoms with Crippen LogP contribution in [0.5, 0.6) is 11.5 Å². The highest BCUT2D eigenvalue weighted by Gasteiger charge is 2.41. The van der Waals surface area contributed by atoms with E-state index in [1.54, 1.807) is 12.1 Å². The van der Waals surface area contributed by atoms with Crippen LogP contribution in [0.1, 0.15) is 31.2 Å². The summed E-state index contributed by atoms with van der Waals surface area (Å²) in [6.45, 7) is 15.6.